The summed E-state index contributed by atoms with van der Waals surface area (Å²) in [5.74, 6) is -0.688. The summed E-state index contributed by atoms with van der Waals surface area (Å²) in [5, 5.41) is 18.7. The number of hydrogen-bond acceptors (Lipinski definition) is 7. The number of nitrogens with zero attached hydrogens (tertiary/aromatic N) is 2. The normalized spacial score (nSPS) is 32.4. The highest BCUT2D eigenvalue weighted by Crippen LogP contribution is 2.25. The van der Waals surface area contributed by atoms with E-state index in [1.54, 1.807) is 0 Å². The fraction of sp³-hybridized carbons (Fsp3) is 0.769. The van der Waals surface area contributed by atoms with Crippen LogP contribution >= 0.6 is 0 Å². The molecule has 112 valence electrons. The Bertz CT molecular complexity index is 410. The zero-order chi connectivity index (χ0) is 14.8. The van der Waals surface area contributed by atoms with Crippen molar-refractivity contribution in [1.29, 1.82) is 0 Å². The van der Waals surface area contributed by atoms with Crippen molar-refractivity contribution >= 4 is 17.6 Å². The monoisotopic (exact) mass is 284 g/mol. The smallest absolute Gasteiger partial charge is 0.301 e. The van der Waals surface area contributed by atoms with E-state index in [4.69, 9.17) is 9.47 Å². The van der Waals surface area contributed by atoms with Crippen molar-refractivity contribution in [2.24, 2.45) is 9.98 Å². The third-order valence-electron chi connectivity index (χ3n) is 3.93. The maximum atomic E-state index is 12.2. The van der Waals surface area contributed by atoms with Crippen LogP contribution in [0.1, 0.15) is 26.7 Å². The average Bonchev–Trinajstić information content (AvgIpc) is 3.12. The number of rotatable bonds is 6. The zero-order valence-corrected chi connectivity index (χ0v) is 11.8. The van der Waals surface area contributed by atoms with Gasteiger partial charge in [-0.3, -0.25) is 4.79 Å². The highest BCUT2D eigenvalue weighted by Gasteiger charge is 2.42. The molecule has 7 heteroatoms. The molecule has 2 atom stereocenters. The molecule has 20 heavy (non-hydrogen) atoms. The van der Waals surface area contributed by atoms with Gasteiger partial charge in [-0.05, 0) is 12.8 Å². The molecule has 0 aromatic rings. The summed E-state index contributed by atoms with van der Waals surface area (Å²) < 4.78 is 10.6. The van der Waals surface area contributed by atoms with Crippen molar-refractivity contribution in [2.75, 3.05) is 26.4 Å². The Kier molecular flexibility index (Phi) is 4.10. The number of hydrogen-bond donors (Lipinski definition) is 2. The Morgan fingerprint density at radius 3 is 1.70 bits per heavy atom. The minimum Gasteiger partial charge on any atom is -0.472 e. The van der Waals surface area contributed by atoms with E-state index in [9.17, 15) is 15.0 Å². The number of ketones is 1. The molecule has 2 aliphatic heterocycles. The molecule has 7 nitrogen and oxygen atoms in total. The van der Waals surface area contributed by atoms with Crippen LogP contribution in [0.4, 0.5) is 0 Å². The molecule has 0 saturated carbocycles. The van der Waals surface area contributed by atoms with Gasteiger partial charge in [0.1, 0.15) is 24.3 Å². The number of aliphatic imine (C=N–C) groups is 2. The summed E-state index contributed by atoms with van der Waals surface area (Å²) in [6, 6.07) is 0. The number of aliphatic hydroxyl groups excluding tert-OH is 2. The first-order valence-electron chi connectivity index (χ1n) is 6.75. The molecule has 0 amide bonds. The largest absolute Gasteiger partial charge is 0.472 e. The molecule has 2 N–H and O–H groups in total. The number of Topliss-reactive ketones (excluding diaryl/α,β-unsaturated/α-hetero) is 1. The Morgan fingerprint density at radius 1 is 1.05 bits per heavy atom. The summed E-state index contributed by atoms with van der Waals surface area (Å²) in [4.78, 5) is 20.6. The maximum Gasteiger partial charge on any atom is 0.301 e. The maximum absolute atomic E-state index is 12.2. The second-order valence-corrected chi connectivity index (χ2v) is 5.21. The van der Waals surface area contributed by atoms with E-state index in [-0.39, 0.29) is 38.2 Å². The van der Waals surface area contributed by atoms with Gasteiger partial charge < -0.3 is 19.7 Å². The van der Waals surface area contributed by atoms with Gasteiger partial charge >= 0.3 is 5.78 Å². The van der Waals surface area contributed by atoms with Crippen molar-refractivity contribution < 1.29 is 24.5 Å². The van der Waals surface area contributed by atoms with Crippen LogP contribution in [0.5, 0.6) is 0 Å². The van der Waals surface area contributed by atoms with E-state index in [0.29, 0.717) is 12.8 Å². The van der Waals surface area contributed by atoms with Gasteiger partial charge in [-0.1, -0.05) is 13.8 Å². The van der Waals surface area contributed by atoms with Crippen LogP contribution < -0.4 is 0 Å². The topological polar surface area (TPSA) is 101 Å². The van der Waals surface area contributed by atoms with E-state index in [1.165, 1.54) is 0 Å². The van der Waals surface area contributed by atoms with Crippen molar-refractivity contribution in [3.8, 4) is 0 Å². The molecule has 2 unspecified atom stereocenters. The highest BCUT2D eigenvalue weighted by molar-refractivity contribution is 6.63. The molecule has 0 aliphatic carbocycles. The van der Waals surface area contributed by atoms with E-state index in [2.05, 4.69) is 9.98 Å². The van der Waals surface area contributed by atoms with Crippen molar-refractivity contribution in [3.63, 3.8) is 0 Å². The summed E-state index contributed by atoms with van der Waals surface area (Å²) >= 11 is 0. The predicted molar refractivity (Wildman–Crippen MR) is 72.0 cm³/mol. The van der Waals surface area contributed by atoms with Gasteiger partial charge in [-0.2, -0.15) is 0 Å². The molecule has 0 fully saturated rings. The standard InChI is InChI=1S/C13H20N2O5/c1-3-12(5-16)7-19-10(14-12)9(18)11-15-13(4-2,6-17)8-20-11/h16-17H,3-8H2,1-2H3. The SMILES string of the molecule is CCC1(CO)COC(C(=O)C2=NC(CC)(CO)CO2)=N1. The number of ether oxygens (including phenoxy) is 2. The van der Waals surface area contributed by atoms with Crippen LogP contribution in [-0.4, -0.2) is 65.3 Å². The average molecular weight is 284 g/mol. The molecule has 0 aromatic carbocycles. The van der Waals surface area contributed by atoms with Gasteiger partial charge in [0.05, 0.1) is 13.2 Å². The quantitative estimate of drug-likeness (QED) is 0.697. The first-order valence-corrected chi connectivity index (χ1v) is 6.75. The van der Waals surface area contributed by atoms with E-state index < -0.39 is 16.9 Å². The number of aliphatic hydroxyl groups is 2. The summed E-state index contributed by atoms with van der Waals surface area (Å²) in [7, 11) is 0. The minimum atomic E-state index is -0.747. The Labute approximate surface area is 117 Å². The first-order chi connectivity index (χ1) is 9.53. The van der Waals surface area contributed by atoms with Crippen molar-refractivity contribution in [1.82, 2.24) is 0 Å². The van der Waals surface area contributed by atoms with Crippen molar-refractivity contribution in [2.45, 2.75) is 37.8 Å². The molecule has 0 saturated heterocycles. The van der Waals surface area contributed by atoms with E-state index >= 15 is 0 Å². The molecule has 2 heterocycles. The van der Waals surface area contributed by atoms with Crippen LogP contribution in [0.25, 0.3) is 0 Å². The van der Waals surface area contributed by atoms with Gasteiger partial charge in [0, 0.05) is 0 Å². The number of carbonyl (C=O) groups excluding carboxylic acids is 1. The fourth-order valence-electron chi connectivity index (χ4n) is 2.04. The molecule has 2 aliphatic rings. The first kappa shape index (κ1) is 14.9. The van der Waals surface area contributed by atoms with Gasteiger partial charge in [0.2, 0.25) is 0 Å². The lowest BCUT2D eigenvalue weighted by Crippen LogP contribution is -2.31. The number of carbonyl (C=O) groups is 1. The molecule has 0 bridgehead atoms. The van der Waals surface area contributed by atoms with E-state index in [1.807, 2.05) is 13.8 Å². The van der Waals surface area contributed by atoms with Crippen LogP contribution in [0.2, 0.25) is 0 Å². The highest BCUT2D eigenvalue weighted by atomic mass is 16.5. The van der Waals surface area contributed by atoms with E-state index in [0.717, 1.165) is 0 Å². The molecule has 2 rings (SSSR count). The summed E-state index contributed by atoms with van der Waals surface area (Å²) in [6.45, 7) is 3.73. The molecular weight excluding hydrogens is 264 g/mol. The van der Waals surface area contributed by atoms with Gasteiger partial charge in [-0.15, -0.1) is 0 Å². The van der Waals surface area contributed by atoms with Gasteiger partial charge in [-0.25, -0.2) is 9.98 Å². The lowest BCUT2D eigenvalue weighted by molar-refractivity contribution is -0.109. The van der Waals surface area contributed by atoms with Crippen molar-refractivity contribution in [3.05, 3.63) is 0 Å². The molecule has 0 radical (unpaired) electrons. The molecular formula is C13H20N2O5. The minimum absolute atomic E-state index is 0.0792. The third-order valence-corrected chi connectivity index (χ3v) is 3.93. The van der Waals surface area contributed by atoms with Gasteiger partial charge in [0.25, 0.3) is 11.8 Å². The van der Waals surface area contributed by atoms with Crippen LogP contribution in [0.15, 0.2) is 9.98 Å². The molecule has 0 aromatic heterocycles. The lowest BCUT2D eigenvalue weighted by atomic mass is 10.0. The second kappa shape index (κ2) is 5.49. The van der Waals surface area contributed by atoms with Crippen LogP contribution in [0, 0.1) is 0 Å². The van der Waals surface area contributed by atoms with Crippen LogP contribution in [-0.2, 0) is 14.3 Å². The Balaban J connectivity index is 2.18. The molecule has 0 spiro atoms. The summed E-state index contributed by atoms with van der Waals surface area (Å²) in [5.41, 5.74) is -1.49. The lowest BCUT2D eigenvalue weighted by Gasteiger charge is -2.17. The van der Waals surface area contributed by atoms with Crippen LogP contribution in [0.3, 0.4) is 0 Å². The Hall–Kier alpha value is -1.47. The summed E-state index contributed by atoms with van der Waals surface area (Å²) in [6.07, 6.45) is 1.15. The predicted octanol–water partition coefficient (Wildman–Crippen LogP) is -0.305. The zero-order valence-electron chi connectivity index (χ0n) is 11.8. The second-order valence-electron chi connectivity index (χ2n) is 5.21. The third kappa shape index (κ3) is 2.43. The Morgan fingerprint density at radius 2 is 1.45 bits per heavy atom. The fourth-order valence-corrected chi connectivity index (χ4v) is 2.04. The van der Waals surface area contributed by atoms with Gasteiger partial charge in [0.15, 0.2) is 0 Å².